The van der Waals surface area contributed by atoms with Crippen molar-refractivity contribution >= 4 is 28.2 Å². The zero-order valence-electron chi connectivity index (χ0n) is 18.2. The van der Waals surface area contributed by atoms with Crippen LogP contribution >= 0.6 is 11.3 Å². The average Bonchev–Trinajstić information content (AvgIpc) is 3.01. The molecule has 4 rings (SSSR count). The van der Waals surface area contributed by atoms with E-state index in [1.54, 1.807) is 0 Å². The number of fused-ring (bicyclic) bond motifs is 1. The molecule has 0 saturated carbocycles. The van der Waals surface area contributed by atoms with Crippen molar-refractivity contribution in [1.29, 1.82) is 5.26 Å². The van der Waals surface area contributed by atoms with Gasteiger partial charge < -0.3 is 11.1 Å². The molecule has 0 radical (unpaired) electrons. The van der Waals surface area contributed by atoms with Crippen LogP contribution in [0.4, 0.5) is 5.00 Å². The minimum atomic E-state index is -0.451. The van der Waals surface area contributed by atoms with E-state index in [1.807, 2.05) is 24.3 Å². The highest BCUT2D eigenvalue weighted by Crippen LogP contribution is 2.37. The zero-order valence-corrected chi connectivity index (χ0v) is 19.0. The number of amides is 2. The van der Waals surface area contributed by atoms with Gasteiger partial charge in [0.2, 0.25) is 5.91 Å². The number of anilines is 1. The van der Waals surface area contributed by atoms with Crippen LogP contribution < -0.4 is 11.1 Å². The van der Waals surface area contributed by atoms with Gasteiger partial charge in [0.25, 0.3) is 5.91 Å². The largest absolute Gasteiger partial charge is 0.365 e. The summed E-state index contributed by atoms with van der Waals surface area (Å²) in [6.07, 6.45) is 4.98. The number of carbonyl (C=O) groups excluding carboxylic acids is 2. The highest BCUT2D eigenvalue weighted by atomic mass is 32.1. The number of primary amides is 1. The summed E-state index contributed by atoms with van der Waals surface area (Å²) < 4.78 is 0. The molecule has 1 aromatic carbocycles. The molecule has 3 N–H and O–H groups in total. The van der Waals surface area contributed by atoms with Gasteiger partial charge in [-0.05, 0) is 68.5 Å². The molecule has 1 aliphatic heterocycles. The van der Waals surface area contributed by atoms with Gasteiger partial charge in [-0.2, -0.15) is 5.26 Å². The summed E-state index contributed by atoms with van der Waals surface area (Å²) in [5, 5.41) is 12.5. The number of hydrogen-bond acceptors (Lipinski definition) is 6. The van der Waals surface area contributed by atoms with Crippen LogP contribution in [-0.2, 0) is 24.2 Å². The number of nitrogens with zero attached hydrogens (tertiary/aromatic N) is 3. The monoisotopic (exact) mass is 451 g/mol. The molecule has 0 bridgehead atoms. The second-order valence-electron chi connectivity index (χ2n) is 8.54. The Balaban J connectivity index is 1.32. The number of hydrogen-bond donors (Lipinski definition) is 2. The number of carbonyl (C=O) groups is 2. The number of benzene rings is 1. The number of nitrogens with one attached hydrogen (secondary N) is 1. The molecule has 2 aliphatic rings. The first kappa shape index (κ1) is 22.5. The van der Waals surface area contributed by atoms with Gasteiger partial charge in [0.1, 0.15) is 5.00 Å². The second kappa shape index (κ2) is 10.3. The molecule has 1 fully saturated rings. The van der Waals surface area contributed by atoms with Gasteiger partial charge in [0.05, 0.1) is 23.7 Å². The topological polar surface area (TPSA) is 102 Å². The molecular weight excluding hydrogens is 422 g/mol. The van der Waals surface area contributed by atoms with Crippen molar-refractivity contribution in [3.63, 3.8) is 0 Å². The highest BCUT2D eigenvalue weighted by Gasteiger charge is 2.25. The predicted molar refractivity (Wildman–Crippen MR) is 126 cm³/mol. The average molecular weight is 452 g/mol. The number of rotatable bonds is 6. The lowest BCUT2D eigenvalue weighted by molar-refractivity contribution is -0.117. The first-order chi connectivity index (χ1) is 15.5. The molecule has 8 heteroatoms. The predicted octanol–water partition coefficient (Wildman–Crippen LogP) is 2.74. The normalized spacial score (nSPS) is 17.2. The van der Waals surface area contributed by atoms with Crippen LogP contribution in [0.25, 0.3) is 0 Å². The van der Waals surface area contributed by atoms with Crippen molar-refractivity contribution in [2.24, 2.45) is 5.73 Å². The van der Waals surface area contributed by atoms with Crippen molar-refractivity contribution in [2.45, 2.75) is 38.6 Å². The Morgan fingerprint density at radius 3 is 2.50 bits per heavy atom. The summed E-state index contributed by atoms with van der Waals surface area (Å²) in [5.74, 6) is -0.542. The molecule has 32 heavy (non-hydrogen) atoms. The van der Waals surface area contributed by atoms with Crippen LogP contribution in [0.1, 0.15) is 51.2 Å². The quantitative estimate of drug-likeness (QED) is 0.703. The summed E-state index contributed by atoms with van der Waals surface area (Å²) >= 11 is 1.51. The molecule has 0 spiro atoms. The standard InChI is InChI=1S/C24H29N5O2S/c25-14-17-6-8-18(9-7-17)15-28-10-3-11-29(13-12-28)16-21(30)27-24-22(23(26)31)19-4-1-2-5-20(19)32-24/h6-9H,1-5,10-13,15-16H2,(H2,26,31)(H,27,30). The summed E-state index contributed by atoms with van der Waals surface area (Å²) in [6, 6.07) is 9.87. The summed E-state index contributed by atoms with van der Waals surface area (Å²) in [5.41, 5.74) is 9.06. The molecule has 1 saturated heterocycles. The molecule has 1 aliphatic carbocycles. The molecular formula is C24H29N5O2S. The summed E-state index contributed by atoms with van der Waals surface area (Å²) in [6.45, 7) is 4.68. The molecule has 2 heterocycles. The van der Waals surface area contributed by atoms with Crippen molar-refractivity contribution in [3.8, 4) is 6.07 Å². The van der Waals surface area contributed by atoms with Gasteiger partial charge in [0, 0.05) is 24.5 Å². The Bertz CT molecular complexity index is 1020. The maximum absolute atomic E-state index is 12.8. The van der Waals surface area contributed by atoms with Gasteiger partial charge in [0.15, 0.2) is 0 Å². The number of thiophene rings is 1. The molecule has 2 amide bonds. The SMILES string of the molecule is N#Cc1ccc(CN2CCCN(CC(=O)Nc3sc4c(c3C(N)=O)CCCC4)CC2)cc1. The lowest BCUT2D eigenvalue weighted by Gasteiger charge is -2.21. The van der Waals surface area contributed by atoms with Gasteiger partial charge in [-0.15, -0.1) is 11.3 Å². The molecule has 168 valence electrons. The van der Waals surface area contributed by atoms with Crippen molar-refractivity contribution < 1.29 is 9.59 Å². The second-order valence-corrected chi connectivity index (χ2v) is 9.65. The fraction of sp³-hybridized carbons (Fsp3) is 0.458. The highest BCUT2D eigenvalue weighted by molar-refractivity contribution is 7.17. The van der Waals surface area contributed by atoms with E-state index >= 15 is 0 Å². The van der Waals surface area contributed by atoms with Crippen LogP contribution in [0, 0.1) is 11.3 Å². The molecule has 0 atom stereocenters. The minimum Gasteiger partial charge on any atom is -0.365 e. The number of nitrogens with two attached hydrogens (primary N) is 1. The van der Waals surface area contributed by atoms with Gasteiger partial charge in [-0.3, -0.25) is 19.4 Å². The fourth-order valence-corrected chi connectivity index (χ4v) is 5.88. The number of nitriles is 1. The van der Waals surface area contributed by atoms with E-state index in [1.165, 1.54) is 21.8 Å². The Morgan fingerprint density at radius 1 is 1.03 bits per heavy atom. The third kappa shape index (κ3) is 5.36. The van der Waals surface area contributed by atoms with Crippen LogP contribution in [-0.4, -0.2) is 54.3 Å². The summed E-state index contributed by atoms with van der Waals surface area (Å²) in [4.78, 5) is 30.6. The van der Waals surface area contributed by atoms with Crippen molar-refractivity contribution in [1.82, 2.24) is 9.80 Å². The lowest BCUT2D eigenvalue weighted by Crippen LogP contribution is -2.36. The van der Waals surface area contributed by atoms with E-state index in [0.29, 0.717) is 22.7 Å². The van der Waals surface area contributed by atoms with E-state index in [-0.39, 0.29) is 5.91 Å². The Kier molecular flexibility index (Phi) is 7.20. The Morgan fingerprint density at radius 2 is 1.75 bits per heavy atom. The smallest absolute Gasteiger partial charge is 0.251 e. The van der Waals surface area contributed by atoms with E-state index in [2.05, 4.69) is 21.2 Å². The lowest BCUT2D eigenvalue weighted by atomic mass is 9.95. The van der Waals surface area contributed by atoms with E-state index in [0.717, 1.165) is 70.4 Å². The summed E-state index contributed by atoms with van der Waals surface area (Å²) in [7, 11) is 0. The van der Waals surface area contributed by atoms with E-state index < -0.39 is 5.91 Å². The van der Waals surface area contributed by atoms with Crippen molar-refractivity contribution in [2.75, 3.05) is 38.0 Å². The Labute approximate surface area is 192 Å². The van der Waals surface area contributed by atoms with Crippen LogP contribution in [0.2, 0.25) is 0 Å². The van der Waals surface area contributed by atoms with Crippen molar-refractivity contribution in [3.05, 3.63) is 51.4 Å². The maximum atomic E-state index is 12.8. The van der Waals surface area contributed by atoms with Gasteiger partial charge in [-0.25, -0.2) is 0 Å². The Hall–Kier alpha value is -2.73. The van der Waals surface area contributed by atoms with Crippen LogP contribution in [0.3, 0.4) is 0 Å². The van der Waals surface area contributed by atoms with Gasteiger partial charge >= 0.3 is 0 Å². The molecule has 1 aromatic heterocycles. The molecule has 7 nitrogen and oxygen atoms in total. The molecule has 2 aromatic rings. The van der Waals surface area contributed by atoms with E-state index in [9.17, 15) is 9.59 Å². The van der Waals surface area contributed by atoms with E-state index in [4.69, 9.17) is 11.0 Å². The fourth-order valence-electron chi connectivity index (χ4n) is 4.57. The maximum Gasteiger partial charge on any atom is 0.251 e. The third-order valence-corrected chi connectivity index (χ3v) is 7.42. The zero-order chi connectivity index (χ0) is 22.5. The first-order valence-electron chi connectivity index (χ1n) is 11.2. The minimum absolute atomic E-state index is 0.0911. The van der Waals surface area contributed by atoms with Crippen LogP contribution in [0.5, 0.6) is 0 Å². The third-order valence-electron chi connectivity index (χ3n) is 6.21. The molecule has 0 unspecified atom stereocenters. The number of aryl methyl sites for hydroxylation is 1. The first-order valence-corrected chi connectivity index (χ1v) is 12.0. The van der Waals surface area contributed by atoms with Crippen LogP contribution in [0.15, 0.2) is 24.3 Å². The van der Waals surface area contributed by atoms with Gasteiger partial charge in [-0.1, -0.05) is 12.1 Å².